The van der Waals surface area contributed by atoms with Crippen molar-refractivity contribution in [3.63, 3.8) is 0 Å². The van der Waals surface area contributed by atoms with Gasteiger partial charge in [0.2, 0.25) is 0 Å². The number of benzene rings is 3. The van der Waals surface area contributed by atoms with Gasteiger partial charge >= 0.3 is 0 Å². The number of sulfonamides is 1. The molecule has 8 heteroatoms. The van der Waals surface area contributed by atoms with E-state index < -0.39 is 10.0 Å². The summed E-state index contributed by atoms with van der Waals surface area (Å²) in [6.45, 7) is 9.86. The van der Waals surface area contributed by atoms with E-state index in [1.54, 1.807) is 18.2 Å². The number of ether oxygens (including phenoxy) is 1. The second-order valence-corrected chi connectivity index (χ2v) is 11.8. The van der Waals surface area contributed by atoms with Gasteiger partial charge in [-0.05, 0) is 73.4 Å². The quantitative estimate of drug-likeness (QED) is 0.371. The predicted molar refractivity (Wildman–Crippen MR) is 140 cm³/mol. The van der Waals surface area contributed by atoms with E-state index in [9.17, 15) is 13.2 Å². The van der Waals surface area contributed by atoms with Crippen molar-refractivity contribution in [2.75, 3.05) is 16.6 Å². The summed E-state index contributed by atoms with van der Waals surface area (Å²) in [5.74, 6) is 0.302. The maximum Gasteiger partial charge on any atom is 0.262 e. The summed E-state index contributed by atoms with van der Waals surface area (Å²) in [6.07, 6.45) is 0. The van der Waals surface area contributed by atoms with Crippen LogP contribution in [-0.2, 0) is 20.2 Å². The smallest absolute Gasteiger partial charge is 0.262 e. The van der Waals surface area contributed by atoms with Crippen molar-refractivity contribution in [3.8, 4) is 5.75 Å². The van der Waals surface area contributed by atoms with Crippen LogP contribution in [0.1, 0.15) is 37.5 Å². The number of amides is 1. The van der Waals surface area contributed by atoms with Gasteiger partial charge in [0, 0.05) is 15.7 Å². The fourth-order valence-corrected chi connectivity index (χ4v) is 4.90. The Balaban J connectivity index is 1.64. The highest BCUT2D eigenvalue weighted by molar-refractivity contribution is 9.10. The lowest BCUT2D eigenvalue weighted by Gasteiger charge is -2.23. The van der Waals surface area contributed by atoms with Crippen molar-refractivity contribution in [2.45, 2.75) is 44.9 Å². The van der Waals surface area contributed by atoms with Crippen LogP contribution in [-0.4, -0.2) is 20.9 Å². The number of hydrogen-bond donors (Lipinski definition) is 2. The first-order valence-electron chi connectivity index (χ1n) is 10.8. The molecule has 0 aliphatic carbocycles. The molecule has 0 aliphatic rings. The molecule has 3 aromatic carbocycles. The van der Waals surface area contributed by atoms with Gasteiger partial charge in [0.25, 0.3) is 15.9 Å². The third kappa shape index (κ3) is 6.61. The monoisotopic (exact) mass is 544 g/mol. The fourth-order valence-electron chi connectivity index (χ4n) is 3.40. The molecule has 0 spiro atoms. The van der Waals surface area contributed by atoms with E-state index in [4.69, 9.17) is 4.74 Å². The summed E-state index contributed by atoms with van der Waals surface area (Å²) in [5.41, 5.74) is 3.74. The molecule has 0 radical (unpaired) electrons. The molecule has 0 atom stereocenters. The summed E-state index contributed by atoms with van der Waals surface area (Å²) in [5, 5.41) is 2.74. The predicted octanol–water partition coefficient (Wildman–Crippen LogP) is 6.18. The van der Waals surface area contributed by atoms with Gasteiger partial charge in [-0.3, -0.25) is 9.52 Å². The molecule has 180 valence electrons. The van der Waals surface area contributed by atoms with Crippen LogP contribution in [0.5, 0.6) is 5.75 Å². The van der Waals surface area contributed by atoms with Gasteiger partial charge in [0.15, 0.2) is 6.61 Å². The minimum absolute atomic E-state index is 0.103. The number of nitrogens with one attached hydrogen (secondary N) is 2. The lowest BCUT2D eigenvalue weighted by molar-refractivity contribution is -0.118. The molecule has 0 heterocycles. The molecule has 0 fully saturated rings. The first kappa shape index (κ1) is 25.8. The Labute approximate surface area is 209 Å². The Bertz CT molecular complexity index is 1300. The van der Waals surface area contributed by atoms with E-state index in [-0.39, 0.29) is 22.8 Å². The Kier molecular flexibility index (Phi) is 7.73. The number of rotatable bonds is 7. The summed E-state index contributed by atoms with van der Waals surface area (Å²) in [6, 6.07) is 17.2. The molecule has 0 aromatic heterocycles. The largest absolute Gasteiger partial charge is 0.483 e. The van der Waals surface area contributed by atoms with Crippen molar-refractivity contribution in [1.29, 1.82) is 0 Å². The molecule has 3 aromatic rings. The third-order valence-electron chi connectivity index (χ3n) is 5.18. The van der Waals surface area contributed by atoms with Crippen molar-refractivity contribution in [1.82, 2.24) is 0 Å². The SMILES string of the molecule is Cc1ccc(NS(=O)(=O)c2ccc(NC(=O)COc3ccc(Br)cc3C(C)(C)C)cc2)c(C)c1. The van der Waals surface area contributed by atoms with Crippen molar-refractivity contribution in [3.05, 3.63) is 81.8 Å². The molecule has 3 rings (SSSR count). The fraction of sp³-hybridized carbons (Fsp3) is 0.269. The first-order valence-corrected chi connectivity index (χ1v) is 13.1. The zero-order valence-electron chi connectivity index (χ0n) is 19.9. The van der Waals surface area contributed by atoms with Crippen LogP contribution >= 0.6 is 15.9 Å². The van der Waals surface area contributed by atoms with Crippen molar-refractivity contribution >= 4 is 43.2 Å². The van der Waals surface area contributed by atoms with E-state index in [2.05, 4.69) is 46.7 Å². The Morgan fingerprint density at radius 1 is 0.971 bits per heavy atom. The lowest BCUT2D eigenvalue weighted by Crippen LogP contribution is -2.22. The van der Waals surface area contributed by atoms with E-state index in [0.29, 0.717) is 17.1 Å². The minimum Gasteiger partial charge on any atom is -0.483 e. The standard InChI is InChI=1S/C26H29BrN2O4S/c1-17-6-12-23(18(2)14-17)29-34(31,32)21-10-8-20(9-11-21)28-25(30)16-33-24-13-7-19(27)15-22(24)26(3,4)5/h6-15,29H,16H2,1-5H3,(H,28,30). The molecular weight excluding hydrogens is 516 g/mol. The van der Waals surface area contributed by atoms with Crippen LogP contribution in [0.15, 0.2) is 70.0 Å². The minimum atomic E-state index is -3.75. The van der Waals surface area contributed by atoms with Gasteiger partial charge in [0.05, 0.1) is 10.6 Å². The zero-order valence-corrected chi connectivity index (χ0v) is 22.3. The van der Waals surface area contributed by atoms with Gasteiger partial charge in [0.1, 0.15) is 5.75 Å². The Morgan fingerprint density at radius 3 is 2.26 bits per heavy atom. The summed E-state index contributed by atoms with van der Waals surface area (Å²) in [4.78, 5) is 12.5. The first-order chi connectivity index (χ1) is 15.8. The van der Waals surface area contributed by atoms with Crippen LogP contribution in [0, 0.1) is 13.8 Å². The lowest BCUT2D eigenvalue weighted by atomic mass is 9.86. The molecule has 0 unspecified atom stereocenters. The zero-order chi connectivity index (χ0) is 25.1. The number of hydrogen-bond acceptors (Lipinski definition) is 4. The van der Waals surface area contributed by atoms with Gasteiger partial charge in [-0.1, -0.05) is 54.4 Å². The second-order valence-electron chi connectivity index (χ2n) is 9.18. The van der Waals surface area contributed by atoms with Gasteiger partial charge in [-0.25, -0.2) is 8.42 Å². The van der Waals surface area contributed by atoms with Crippen LogP contribution in [0.4, 0.5) is 11.4 Å². The summed E-state index contributed by atoms with van der Waals surface area (Å²) >= 11 is 3.48. The molecular formula is C26H29BrN2O4S. The molecule has 0 aliphatic heterocycles. The highest BCUT2D eigenvalue weighted by Gasteiger charge is 2.20. The van der Waals surface area contributed by atoms with Gasteiger partial charge < -0.3 is 10.1 Å². The highest BCUT2D eigenvalue weighted by atomic mass is 79.9. The number of halogens is 1. The maximum atomic E-state index is 12.7. The average Bonchev–Trinajstić information content (AvgIpc) is 2.74. The normalized spacial score (nSPS) is 11.7. The number of carbonyl (C=O) groups is 1. The maximum absolute atomic E-state index is 12.7. The van der Waals surface area contributed by atoms with E-state index in [0.717, 1.165) is 21.2 Å². The molecule has 0 bridgehead atoms. The molecule has 1 amide bonds. The molecule has 6 nitrogen and oxygen atoms in total. The Morgan fingerprint density at radius 2 is 1.65 bits per heavy atom. The van der Waals surface area contributed by atoms with Crippen molar-refractivity contribution < 1.29 is 17.9 Å². The molecule has 2 N–H and O–H groups in total. The van der Waals surface area contributed by atoms with Crippen LogP contribution in [0.2, 0.25) is 0 Å². The molecule has 0 saturated carbocycles. The number of carbonyl (C=O) groups excluding carboxylic acids is 1. The number of anilines is 2. The molecule has 34 heavy (non-hydrogen) atoms. The van der Waals surface area contributed by atoms with Crippen LogP contribution in [0.3, 0.4) is 0 Å². The number of aryl methyl sites for hydroxylation is 2. The van der Waals surface area contributed by atoms with E-state index in [1.165, 1.54) is 12.1 Å². The average molecular weight is 545 g/mol. The summed E-state index contributed by atoms with van der Waals surface area (Å²) < 4.78 is 34.8. The van der Waals surface area contributed by atoms with E-state index in [1.807, 2.05) is 44.2 Å². The van der Waals surface area contributed by atoms with Gasteiger partial charge in [-0.15, -0.1) is 0 Å². The topological polar surface area (TPSA) is 84.5 Å². The van der Waals surface area contributed by atoms with E-state index >= 15 is 0 Å². The Hall–Kier alpha value is -2.84. The van der Waals surface area contributed by atoms with Gasteiger partial charge in [-0.2, -0.15) is 0 Å². The third-order valence-corrected chi connectivity index (χ3v) is 7.06. The second kappa shape index (κ2) is 10.2. The summed E-state index contributed by atoms with van der Waals surface area (Å²) in [7, 11) is -3.75. The molecule has 0 saturated heterocycles. The van der Waals surface area contributed by atoms with Crippen LogP contribution in [0.25, 0.3) is 0 Å². The van der Waals surface area contributed by atoms with Crippen LogP contribution < -0.4 is 14.8 Å². The van der Waals surface area contributed by atoms with Crippen molar-refractivity contribution in [2.24, 2.45) is 0 Å². The highest BCUT2D eigenvalue weighted by Crippen LogP contribution is 2.33.